The van der Waals surface area contributed by atoms with Crippen molar-refractivity contribution in [2.24, 2.45) is 0 Å². The summed E-state index contributed by atoms with van der Waals surface area (Å²) in [7, 11) is 2.09. The SMILES string of the molecule is CN1CCCC1COc1ccc(C(=O)O)c(N)c1. The van der Waals surface area contributed by atoms with Crippen LogP contribution in [0, 0.1) is 0 Å². The van der Waals surface area contributed by atoms with Gasteiger partial charge in [0.15, 0.2) is 0 Å². The molecule has 0 bridgehead atoms. The third-order valence-corrected chi connectivity index (χ3v) is 3.37. The van der Waals surface area contributed by atoms with Gasteiger partial charge in [-0.05, 0) is 38.6 Å². The number of hydrogen-bond donors (Lipinski definition) is 2. The summed E-state index contributed by atoms with van der Waals surface area (Å²) in [5.41, 5.74) is 6.01. The predicted molar refractivity (Wildman–Crippen MR) is 69.0 cm³/mol. The number of carboxylic acid groups (broad SMARTS) is 1. The maximum absolute atomic E-state index is 10.8. The molecule has 1 atom stereocenters. The van der Waals surface area contributed by atoms with E-state index in [1.165, 1.54) is 12.5 Å². The molecule has 98 valence electrons. The monoisotopic (exact) mass is 250 g/mol. The molecular formula is C13H18N2O3. The van der Waals surface area contributed by atoms with Crippen LogP contribution in [0.2, 0.25) is 0 Å². The van der Waals surface area contributed by atoms with Gasteiger partial charge >= 0.3 is 5.97 Å². The van der Waals surface area contributed by atoms with Crippen molar-refractivity contribution in [3.8, 4) is 5.75 Å². The Bertz CT molecular complexity index is 448. The minimum Gasteiger partial charge on any atom is -0.492 e. The van der Waals surface area contributed by atoms with Gasteiger partial charge in [0.1, 0.15) is 12.4 Å². The number of likely N-dealkylation sites (tertiary alicyclic amines) is 1. The van der Waals surface area contributed by atoms with E-state index in [9.17, 15) is 4.79 Å². The number of nitrogens with zero attached hydrogens (tertiary/aromatic N) is 1. The maximum atomic E-state index is 10.8. The second kappa shape index (κ2) is 5.27. The first-order chi connectivity index (χ1) is 8.58. The largest absolute Gasteiger partial charge is 0.492 e. The van der Waals surface area contributed by atoms with E-state index in [1.54, 1.807) is 12.1 Å². The number of anilines is 1. The Labute approximate surface area is 106 Å². The summed E-state index contributed by atoms with van der Waals surface area (Å²) in [4.78, 5) is 13.1. The van der Waals surface area contributed by atoms with Crippen LogP contribution in [0.25, 0.3) is 0 Å². The summed E-state index contributed by atoms with van der Waals surface area (Å²) in [5.74, 6) is -0.396. The van der Waals surface area contributed by atoms with Crippen molar-refractivity contribution in [1.29, 1.82) is 0 Å². The van der Waals surface area contributed by atoms with Crippen molar-refractivity contribution in [2.75, 3.05) is 25.9 Å². The van der Waals surface area contributed by atoms with Crippen molar-refractivity contribution in [2.45, 2.75) is 18.9 Å². The molecule has 18 heavy (non-hydrogen) atoms. The summed E-state index contributed by atoms with van der Waals surface area (Å²) in [5, 5.41) is 8.87. The average Bonchev–Trinajstić information content (AvgIpc) is 2.72. The van der Waals surface area contributed by atoms with Gasteiger partial charge in [0.25, 0.3) is 0 Å². The second-order valence-electron chi connectivity index (χ2n) is 4.64. The van der Waals surface area contributed by atoms with Gasteiger partial charge in [-0.1, -0.05) is 0 Å². The lowest BCUT2D eigenvalue weighted by molar-refractivity contribution is 0.0698. The summed E-state index contributed by atoms with van der Waals surface area (Å²) < 4.78 is 5.66. The molecule has 0 aromatic heterocycles. The number of nitrogens with two attached hydrogens (primary N) is 1. The minimum absolute atomic E-state index is 0.111. The van der Waals surface area contributed by atoms with E-state index in [0.717, 1.165) is 13.0 Å². The Hall–Kier alpha value is -1.75. The van der Waals surface area contributed by atoms with Crippen LogP contribution in [0.3, 0.4) is 0 Å². The third kappa shape index (κ3) is 2.73. The van der Waals surface area contributed by atoms with Crippen LogP contribution in [-0.2, 0) is 0 Å². The number of ether oxygens (including phenoxy) is 1. The topological polar surface area (TPSA) is 75.8 Å². The van der Waals surface area contributed by atoms with Gasteiger partial charge in [0, 0.05) is 17.8 Å². The zero-order chi connectivity index (χ0) is 13.1. The molecule has 3 N–H and O–H groups in total. The maximum Gasteiger partial charge on any atom is 0.337 e. The molecule has 1 aliphatic heterocycles. The first-order valence-corrected chi connectivity index (χ1v) is 6.04. The van der Waals surface area contributed by atoms with Gasteiger partial charge in [-0.25, -0.2) is 4.79 Å². The molecule has 1 aromatic rings. The van der Waals surface area contributed by atoms with E-state index in [-0.39, 0.29) is 11.3 Å². The van der Waals surface area contributed by atoms with Crippen molar-refractivity contribution in [3.63, 3.8) is 0 Å². The predicted octanol–water partition coefficient (Wildman–Crippen LogP) is 1.44. The van der Waals surface area contributed by atoms with E-state index in [1.807, 2.05) is 0 Å². The van der Waals surface area contributed by atoms with E-state index in [4.69, 9.17) is 15.6 Å². The molecular weight excluding hydrogens is 232 g/mol. The summed E-state index contributed by atoms with van der Waals surface area (Å²) in [6.07, 6.45) is 2.34. The van der Waals surface area contributed by atoms with Gasteiger partial charge in [-0.2, -0.15) is 0 Å². The molecule has 0 spiro atoms. The first kappa shape index (κ1) is 12.7. The lowest BCUT2D eigenvalue weighted by Gasteiger charge is -2.19. The van der Waals surface area contributed by atoms with Crippen LogP contribution >= 0.6 is 0 Å². The third-order valence-electron chi connectivity index (χ3n) is 3.37. The zero-order valence-corrected chi connectivity index (χ0v) is 10.4. The Morgan fingerprint density at radius 3 is 2.94 bits per heavy atom. The molecule has 1 fully saturated rings. The fraction of sp³-hybridized carbons (Fsp3) is 0.462. The lowest BCUT2D eigenvalue weighted by Crippen LogP contribution is -2.30. The Morgan fingerprint density at radius 2 is 2.39 bits per heavy atom. The number of carbonyl (C=O) groups is 1. The summed E-state index contributed by atoms with van der Waals surface area (Å²) in [6.45, 7) is 1.72. The molecule has 1 saturated heterocycles. The van der Waals surface area contributed by atoms with Crippen molar-refractivity contribution in [3.05, 3.63) is 23.8 Å². The summed E-state index contributed by atoms with van der Waals surface area (Å²) in [6, 6.07) is 5.13. The van der Waals surface area contributed by atoms with Crippen LogP contribution in [0.5, 0.6) is 5.75 Å². The Balaban J connectivity index is 1.98. The van der Waals surface area contributed by atoms with Crippen LogP contribution < -0.4 is 10.5 Å². The fourth-order valence-electron chi connectivity index (χ4n) is 2.21. The van der Waals surface area contributed by atoms with Crippen LogP contribution in [0.4, 0.5) is 5.69 Å². The normalized spacial score (nSPS) is 19.9. The van der Waals surface area contributed by atoms with Crippen LogP contribution in [0.15, 0.2) is 18.2 Å². The Morgan fingerprint density at radius 1 is 1.61 bits per heavy atom. The Kier molecular flexibility index (Phi) is 3.72. The van der Waals surface area contributed by atoms with Crippen molar-refractivity contribution >= 4 is 11.7 Å². The van der Waals surface area contributed by atoms with Gasteiger partial charge in [0.05, 0.1) is 5.56 Å². The number of aromatic carboxylic acids is 1. The average molecular weight is 250 g/mol. The second-order valence-corrected chi connectivity index (χ2v) is 4.64. The molecule has 2 rings (SSSR count). The van der Waals surface area contributed by atoms with Crippen molar-refractivity contribution in [1.82, 2.24) is 4.90 Å². The number of hydrogen-bond acceptors (Lipinski definition) is 4. The molecule has 1 heterocycles. The molecule has 1 aliphatic rings. The highest BCUT2D eigenvalue weighted by molar-refractivity contribution is 5.93. The number of nitrogen functional groups attached to an aromatic ring is 1. The number of likely N-dealkylation sites (N-methyl/N-ethyl adjacent to an activating group) is 1. The van der Waals surface area contributed by atoms with Crippen LogP contribution in [-0.4, -0.2) is 42.2 Å². The number of benzene rings is 1. The van der Waals surface area contributed by atoms with Gasteiger partial charge in [-0.15, -0.1) is 0 Å². The van der Waals surface area contributed by atoms with E-state index in [2.05, 4.69) is 11.9 Å². The molecule has 5 heteroatoms. The van der Waals surface area contributed by atoms with Gasteiger partial charge in [-0.3, -0.25) is 0 Å². The molecule has 5 nitrogen and oxygen atoms in total. The zero-order valence-electron chi connectivity index (χ0n) is 10.4. The van der Waals surface area contributed by atoms with Crippen molar-refractivity contribution < 1.29 is 14.6 Å². The number of carboxylic acids is 1. The molecule has 1 unspecified atom stereocenters. The minimum atomic E-state index is -1.02. The highest BCUT2D eigenvalue weighted by atomic mass is 16.5. The molecule has 0 radical (unpaired) electrons. The highest BCUT2D eigenvalue weighted by Gasteiger charge is 2.21. The first-order valence-electron chi connectivity index (χ1n) is 6.04. The van der Waals surface area contributed by atoms with E-state index >= 15 is 0 Å². The standard InChI is InChI=1S/C13H18N2O3/c1-15-6-2-3-9(15)8-18-10-4-5-11(13(16)17)12(14)7-10/h4-5,7,9H,2-3,6,8,14H2,1H3,(H,16,17). The van der Waals surface area contributed by atoms with E-state index in [0.29, 0.717) is 18.4 Å². The summed E-state index contributed by atoms with van der Waals surface area (Å²) >= 11 is 0. The van der Waals surface area contributed by atoms with Crippen LogP contribution in [0.1, 0.15) is 23.2 Å². The fourth-order valence-corrected chi connectivity index (χ4v) is 2.21. The molecule has 0 aliphatic carbocycles. The van der Waals surface area contributed by atoms with Gasteiger partial charge < -0.3 is 20.5 Å². The molecule has 1 aromatic carbocycles. The smallest absolute Gasteiger partial charge is 0.337 e. The lowest BCUT2D eigenvalue weighted by atomic mass is 10.2. The quantitative estimate of drug-likeness (QED) is 0.791. The van der Waals surface area contributed by atoms with Gasteiger partial charge in [0.2, 0.25) is 0 Å². The number of rotatable bonds is 4. The highest BCUT2D eigenvalue weighted by Crippen LogP contribution is 2.22. The molecule has 0 amide bonds. The van der Waals surface area contributed by atoms with E-state index < -0.39 is 5.97 Å². The molecule has 0 saturated carbocycles.